The first-order chi connectivity index (χ1) is 11.8. The van der Waals surface area contributed by atoms with Crippen LogP contribution >= 0.6 is 11.6 Å². The first-order valence-corrected chi connectivity index (χ1v) is 10.3. The number of alkyl halides is 1. The Morgan fingerprint density at radius 3 is 2.68 bits per heavy atom. The predicted molar refractivity (Wildman–Crippen MR) is 100 cm³/mol. The summed E-state index contributed by atoms with van der Waals surface area (Å²) in [6.45, 7) is 6.52. The summed E-state index contributed by atoms with van der Waals surface area (Å²) in [5.41, 5.74) is 1.50. The van der Waals surface area contributed by atoms with E-state index in [1.54, 1.807) is 6.08 Å². The minimum atomic E-state index is -0.371. The van der Waals surface area contributed by atoms with Crippen LogP contribution in [0.4, 0.5) is 0 Å². The van der Waals surface area contributed by atoms with Crippen LogP contribution in [-0.2, 0) is 9.59 Å². The zero-order chi connectivity index (χ0) is 18.0. The van der Waals surface area contributed by atoms with E-state index in [2.05, 4.69) is 19.9 Å². The Kier molecular flexibility index (Phi) is 4.07. The van der Waals surface area contributed by atoms with E-state index in [0.717, 1.165) is 32.1 Å². The van der Waals surface area contributed by atoms with Gasteiger partial charge in [0.1, 0.15) is 0 Å². The molecule has 3 fully saturated rings. The molecule has 7 atom stereocenters. The molecule has 0 aromatic heterocycles. The molecule has 0 saturated heterocycles. The van der Waals surface area contributed by atoms with Gasteiger partial charge in [0, 0.05) is 11.3 Å². The summed E-state index contributed by atoms with van der Waals surface area (Å²) in [5.74, 6) is 2.45. The van der Waals surface area contributed by atoms with Crippen molar-refractivity contribution >= 4 is 23.2 Å². The zero-order valence-electron chi connectivity index (χ0n) is 15.6. The van der Waals surface area contributed by atoms with E-state index in [4.69, 9.17) is 11.6 Å². The molecule has 0 spiro atoms. The molecule has 4 aliphatic rings. The molecular formula is C22H29ClO2. The lowest BCUT2D eigenvalue weighted by atomic mass is 9.47. The van der Waals surface area contributed by atoms with Crippen molar-refractivity contribution in [2.75, 3.05) is 0 Å². The van der Waals surface area contributed by atoms with Crippen molar-refractivity contribution in [3.63, 3.8) is 0 Å². The maximum Gasteiger partial charge on any atom is 0.178 e. The van der Waals surface area contributed by atoms with Crippen LogP contribution in [0.3, 0.4) is 0 Å². The molecule has 4 rings (SSSR count). The molecule has 25 heavy (non-hydrogen) atoms. The highest BCUT2D eigenvalue weighted by Gasteiger charge is 2.59. The van der Waals surface area contributed by atoms with Crippen LogP contribution < -0.4 is 0 Å². The monoisotopic (exact) mass is 360 g/mol. The van der Waals surface area contributed by atoms with Gasteiger partial charge in [0.15, 0.2) is 11.6 Å². The number of ketones is 2. The molecule has 2 nitrogen and oxygen atoms in total. The van der Waals surface area contributed by atoms with Crippen LogP contribution in [0.2, 0.25) is 0 Å². The Balaban J connectivity index is 1.65. The lowest BCUT2D eigenvalue weighted by Gasteiger charge is -2.57. The van der Waals surface area contributed by atoms with Crippen LogP contribution in [0, 0.1) is 34.5 Å². The lowest BCUT2D eigenvalue weighted by Crippen LogP contribution is -2.50. The van der Waals surface area contributed by atoms with Gasteiger partial charge in [0.2, 0.25) is 0 Å². The molecule has 1 unspecified atom stereocenters. The Hall–Kier alpha value is -0.890. The fourth-order valence-electron chi connectivity index (χ4n) is 6.94. The van der Waals surface area contributed by atoms with Gasteiger partial charge in [-0.1, -0.05) is 25.5 Å². The Labute approximate surface area is 156 Å². The molecule has 3 heteroatoms. The molecule has 0 heterocycles. The smallest absolute Gasteiger partial charge is 0.178 e. The van der Waals surface area contributed by atoms with Crippen molar-refractivity contribution in [2.45, 2.75) is 64.7 Å². The van der Waals surface area contributed by atoms with Crippen molar-refractivity contribution in [1.82, 2.24) is 0 Å². The highest BCUT2D eigenvalue weighted by atomic mass is 35.5. The van der Waals surface area contributed by atoms with Crippen LogP contribution in [0.1, 0.15) is 59.3 Å². The second-order valence-corrected chi connectivity index (χ2v) is 9.95. The van der Waals surface area contributed by atoms with E-state index >= 15 is 0 Å². The van der Waals surface area contributed by atoms with Crippen molar-refractivity contribution < 1.29 is 9.59 Å². The number of hydrogen-bond acceptors (Lipinski definition) is 2. The van der Waals surface area contributed by atoms with Gasteiger partial charge in [-0.2, -0.15) is 0 Å². The molecule has 0 radical (unpaired) electrons. The second kappa shape index (κ2) is 5.81. The van der Waals surface area contributed by atoms with E-state index in [0.29, 0.717) is 17.8 Å². The van der Waals surface area contributed by atoms with Crippen LogP contribution in [0.15, 0.2) is 23.8 Å². The molecule has 0 bridgehead atoms. The van der Waals surface area contributed by atoms with E-state index in [-0.39, 0.29) is 33.7 Å². The summed E-state index contributed by atoms with van der Waals surface area (Å²) in [6, 6.07) is 0. The Morgan fingerprint density at radius 2 is 1.96 bits per heavy atom. The third-order valence-electron chi connectivity index (χ3n) is 8.29. The summed E-state index contributed by atoms with van der Waals surface area (Å²) in [6.07, 6.45) is 12.5. The Morgan fingerprint density at radius 1 is 1.20 bits per heavy atom. The van der Waals surface area contributed by atoms with E-state index < -0.39 is 0 Å². The maximum absolute atomic E-state index is 12.7. The SMILES string of the molecule is CC(Cl)C(=O)[C@H]1CC[C@H]2[C@@H]3CCC4=CC(=O)C=C[C@]4(C)[C@H]3CC[C@]12C. The predicted octanol–water partition coefficient (Wildman–Crippen LogP) is 5.11. The summed E-state index contributed by atoms with van der Waals surface area (Å²) >= 11 is 6.17. The van der Waals surface area contributed by atoms with E-state index in [1.807, 2.05) is 13.0 Å². The number of Topliss-reactive ketones (excluding diaryl/α,β-unsaturated/α-hetero) is 1. The van der Waals surface area contributed by atoms with Crippen molar-refractivity contribution in [3.05, 3.63) is 23.8 Å². The first-order valence-electron chi connectivity index (χ1n) is 9.89. The summed E-state index contributed by atoms with van der Waals surface area (Å²) in [5, 5.41) is -0.371. The highest BCUT2D eigenvalue weighted by molar-refractivity contribution is 6.31. The van der Waals surface area contributed by atoms with Gasteiger partial charge in [-0.05, 0) is 80.8 Å². The standard InChI is InChI=1S/C22H29ClO2/c1-13(23)20(25)19-7-6-17-16-5-4-14-12-15(24)8-10-21(14,2)18(16)9-11-22(17,19)3/h8,10,12-13,16-19H,4-7,9,11H2,1-3H3/t13?,16-,17-,18-,19+,21-,22-/m0/s1. The lowest BCUT2D eigenvalue weighted by molar-refractivity contribution is -0.128. The van der Waals surface area contributed by atoms with Gasteiger partial charge in [-0.15, -0.1) is 11.6 Å². The van der Waals surface area contributed by atoms with Gasteiger partial charge >= 0.3 is 0 Å². The van der Waals surface area contributed by atoms with E-state index in [9.17, 15) is 9.59 Å². The van der Waals surface area contributed by atoms with Crippen molar-refractivity contribution in [2.24, 2.45) is 34.5 Å². The summed E-state index contributed by atoms with van der Waals surface area (Å²) in [4.78, 5) is 24.5. The van der Waals surface area contributed by atoms with Crippen LogP contribution in [0.25, 0.3) is 0 Å². The van der Waals surface area contributed by atoms with Crippen molar-refractivity contribution in [3.8, 4) is 0 Å². The maximum atomic E-state index is 12.7. The molecule has 0 aromatic rings. The topological polar surface area (TPSA) is 34.1 Å². The molecule has 3 saturated carbocycles. The normalized spacial score (nSPS) is 46.7. The second-order valence-electron chi connectivity index (χ2n) is 9.30. The third-order valence-corrected chi connectivity index (χ3v) is 8.51. The van der Waals surface area contributed by atoms with Crippen molar-refractivity contribution in [1.29, 1.82) is 0 Å². The van der Waals surface area contributed by atoms with Gasteiger partial charge in [0.25, 0.3) is 0 Å². The number of fused-ring (bicyclic) bond motifs is 5. The third kappa shape index (κ3) is 2.43. The zero-order valence-corrected chi connectivity index (χ0v) is 16.3. The molecular weight excluding hydrogens is 332 g/mol. The molecule has 4 aliphatic carbocycles. The van der Waals surface area contributed by atoms with Gasteiger partial charge in [0.05, 0.1) is 5.38 Å². The number of carbonyl (C=O) groups is 2. The molecule has 136 valence electrons. The summed E-state index contributed by atoms with van der Waals surface area (Å²) < 4.78 is 0. The fourth-order valence-corrected chi connectivity index (χ4v) is 7.09. The van der Waals surface area contributed by atoms with Gasteiger partial charge < -0.3 is 0 Å². The molecule has 0 amide bonds. The van der Waals surface area contributed by atoms with Crippen LogP contribution in [-0.4, -0.2) is 16.9 Å². The van der Waals surface area contributed by atoms with Gasteiger partial charge in [-0.3, -0.25) is 9.59 Å². The number of rotatable bonds is 2. The Bertz CT molecular complexity index is 676. The number of halogens is 1. The molecule has 0 aromatic carbocycles. The minimum absolute atomic E-state index is 0.0417. The fraction of sp³-hybridized carbons (Fsp3) is 0.727. The van der Waals surface area contributed by atoms with E-state index in [1.165, 1.54) is 12.0 Å². The number of allylic oxidation sites excluding steroid dienone is 4. The molecule has 0 aliphatic heterocycles. The quantitative estimate of drug-likeness (QED) is 0.641. The average Bonchev–Trinajstić information content (AvgIpc) is 2.92. The number of hydrogen-bond donors (Lipinski definition) is 0. The minimum Gasteiger partial charge on any atom is -0.298 e. The average molecular weight is 361 g/mol. The van der Waals surface area contributed by atoms with Gasteiger partial charge in [-0.25, -0.2) is 0 Å². The largest absolute Gasteiger partial charge is 0.298 e. The number of carbonyl (C=O) groups excluding carboxylic acids is 2. The highest BCUT2D eigenvalue weighted by Crippen LogP contribution is 2.66. The molecule has 0 N–H and O–H groups in total. The summed E-state index contributed by atoms with van der Waals surface area (Å²) in [7, 11) is 0. The van der Waals surface area contributed by atoms with Crippen LogP contribution in [0.5, 0.6) is 0 Å². The first kappa shape index (κ1) is 17.5.